The summed E-state index contributed by atoms with van der Waals surface area (Å²) in [4.78, 5) is 8.89. The van der Waals surface area contributed by atoms with E-state index >= 15 is 0 Å². The fraction of sp³-hybridized carbons (Fsp3) is 0.158. The van der Waals surface area contributed by atoms with Crippen molar-refractivity contribution in [1.29, 1.82) is 0 Å². The minimum Gasteiger partial charge on any atom is -0.497 e. The van der Waals surface area contributed by atoms with Gasteiger partial charge in [-0.15, -0.1) is 0 Å². The monoisotopic (exact) mass is 350 g/mol. The number of nitrogens with one attached hydrogen (secondary N) is 1. The smallest absolute Gasteiger partial charge is 0.157 e. The average molecular weight is 350 g/mol. The van der Waals surface area contributed by atoms with Gasteiger partial charge >= 0.3 is 0 Å². The number of furan rings is 1. The van der Waals surface area contributed by atoms with Crippen LogP contribution >= 0.6 is 0 Å². The van der Waals surface area contributed by atoms with Crippen LogP contribution in [0.1, 0.15) is 5.76 Å². The minimum atomic E-state index is 0.539. The summed E-state index contributed by atoms with van der Waals surface area (Å²) >= 11 is 0. The van der Waals surface area contributed by atoms with E-state index in [9.17, 15) is 0 Å². The maximum Gasteiger partial charge on any atom is 0.157 e. The van der Waals surface area contributed by atoms with Gasteiger partial charge in [0.15, 0.2) is 5.65 Å². The van der Waals surface area contributed by atoms with Crippen LogP contribution in [0.15, 0.2) is 59.6 Å². The highest BCUT2D eigenvalue weighted by Gasteiger charge is 2.16. The number of imidazole rings is 1. The second-order valence-corrected chi connectivity index (χ2v) is 5.65. The highest BCUT2D eigenvalue weighted by Crippen LogP contribution is 2.34. The predicted octanol–water partition coefficient (Wildman–Crippen LogP) is 3.62. The summed E-state index contributed by atoms with van der Waals surface area (Å²) in [7, 11) is 3.25. The molecule has 0 aliphatic rings. The summed E-state index contributed by atoms with van der Waals surface area (Å²) in [6, 6.07) is 9.47. The quantitative estimate of drug-likeness (QED) is 0.572. The first kappa shape index (κ1) is 16.0. The molecule has 0 spiro atoms. The summed E-state index contributed by atoms with van der Waals surface area (Å²) in [6.07, 6.45) is 6.97. The molecule has 7 nitrogen and oxygen atoms in total. The highest BCUT2D eigenvalue weighted by molar-refractivity contribution is 5.78. The molecular formula is C19H18N4O3. The zero-order chi connectivity index (χ0) is 17.9. The molecule has 4 aromatic rings. The van der Waals surface area contributed by atoms with Crippen molar-refractivity contribution in [3.8, 4) is 22.8 Å². The van der Waals surface area contributed by atoms with E-state index in [1.54, 1.807) is 32.9 Å². The van der Waals surface area contributed by atoms with E-state index in [-0.39, 0.29) is 0 Å². The number of hydrogen-bond acceptors (Lipinski definition) is 6. The molecule has 0 bridgehead atoms. The maximum atomic E-state index is 5.42. The van der Waals surface area contributed by atoms with E-state index in [1.165, 1.54) is 0 Å². The van der Waals surface area contributed by atoms with Gasteiger partial charge in [-0.25, -0.2) is 4.98 Å². The minimum absolute atomic E-state index is 0.539. The number of ether oxygens (including phenoxy) is 2. The van der Waals surface area contributed by atoms with Gasteiger partial charge < -0.3 is 19.2 Å². The Kier molecular flexibility index (Phi) is 4.18. The van der Waals surface area contributed by atoms with Gasteiger partial charge in [-0.3, -0.25) is 9.38 Å². The first-order chi connectivity index (χ1) is 12.8. The molecule has 0 amide bonds. The number of methoxy groups -OCH3 is 2. The van der Waals surface area contributed by atoms with Gasteiger partial charge in [0.25, 0.3) is 0 Å². The molecule has 0 unspecified atom stereocenters. The normalized spacial score (nSPS) is 10.8. The topological polar surface area (TPSA) is 73.8 Å². The second kappa shape index (κ2) is 6.79. The van der Waals surface area contributed by atoms with Gasteiger partial charge in [0, 0.05) is 24.0 Å². The Morgan fingerprint density at radius 1 is 1.15 bits per heavy atom. The van der Waals surface area contributed by atoms with Crippen LogP contribution in [0.25, 0.3) is 16.9 Å². The molecule has 0 aliphatic heterocycles. The van der Waals surface area contributed by atoms with Gasteiger partial charge in [0.05, 0.1) is 33.2 Å². The van der Waals surface area contributed by atoms with Gasteiger partial charge in [-0.1, -0.05) is 0 Å². The van der Waals surface area contributed by atoms with E-state index in [0.717, 1.165) is 28.5 Å². The van der Waals surface area contributed by atoms with Crippen LogP contribution in [0.4, 0.5) is 5.82 Å². The molecular weight excluding hydrogens is 332 g/mol. The summed E-state index contributed by atoms with van der Waals surface area (Å²) < 4.78 is 18.2. The van der Waals surface area contributed by atoms with Crippen molar-refractivity contribution in [2.75, 3.05) is 19.5 Å². The lowest BCUT2D eigenvalue weighted by Gasteiger charge is -2.10. The van der Waals surface area contributed by atoms with Gasteiger partial charge in [0.1, 0.15) is 28.8 Å². The Hall–Kier alpha value is -3.48. The van der Waals surface area contributed by atoms with Gasteiger partial charge in [-0.05, 0) is 24.3 Å². The Labute approximate surface area is 150 Å². The van der Waals surface area contributed by atoms with Crippen molar-refractivity contribution in [1.82, 2.24) is 14.4 Å². The standard InChI is InChI=1S/C19H18N4O3/c1-24-15-8-13(9-16(10-15)25-2)18-19(21-11-14-4-3-7-26-14)23-6-5-20-12-17(23)22-18/h3-10,12,21H,11H2,1-2H3. The van der Waals surface area contributed by atoms with Crippen LogP contribution in [0.2, 0.25) is 0 Å². The third-order valence-corrected chi connectivity index (χ3v) is 4.07. The average Bonchev–Trinajstić information content (AvgIpc) is 3.33. The lowest BCUT2D eigenvalue weighted by Crippen LogP contribution is -2.03. The second-order valence-electron chi connectivity index (χ2n) is 5.65. The molecule has 3 heterocycles. The number of rotatable bonds is 6. The first-order valence-electron chi connectivity index (χ1n) is 8.10. The van der Waals surface area contributed by atoms with E-state index in [0.29, 0.717) is 18.0 Å². The van der Waals surface area contributed by atoms with Crippen LogP contribution in [0.5, 0.6) is 11.5 Å². The SMILES string of the molecule is COc1cc(OC)cc(-c2nc3cnccn3c2NCc2ccco2)c1. The molecule has 132 valence electrons. The molecule has 7 heteroatoms. The number of hydrogen-bond donors (Lipinski definition) is 1. The molecule has 0 atom stereocenters. The number of anilines is 1. The van der Waals surface area contributed by atoms with Crippen LogP contribution in [0, 0.1) is 0 Å². The third kappa shape index (κ3) is 2.95. The maximum absolute atomic E-state index is 5.42. The van der Waals surface area contributed by atoms with Crippen molar-refractivity contribution < 1.29 is 13.9 Å². The fourth-order valence-electron chi connectivity index (χ4n) is 2.81. The zero-order valence-corrected chi connectivity index (χ0v) is 14.5. The zero-order valence-electron chi connectivity index (χ0n) is 14.5. The molecule has 0 fully saturated rings. The summed E-state index contributed by atoms with van der Waals surface area (Å²) in [6.45, 7) is 0.539. The lowest BCUT2D eigenvalue weighted by atomic mass is 10.1. The number of nitrogens with zero attached hydrogens (tertiary/aromatic N) is 3. The molecule has 0 saturated carbocycles. The van der Waals surface area contributed by atoms with E-state index in [1.807, 2.05) is 40.9 Å². The molecule has 26 heavy (non-hydrogen) atoms. The first-order valence-corrected chi connectivity index (χ1v) is 8.10. The molecule has 0 saturated heterocycles. The molecule has 4 rings (SSSR count). The van der Waals surface area contributed by atoms with Crippen LogP contribution in [-0.2, 0) is 6.54 Å². The largest absolute Gasteiger partial charge is 0.497 e. The Morgan fingerprint density at radius 2 is 1.96 bits per heavy atom. The van der Waals surface area contributed by atoms with Crippen LogP contribution in [-0.4, -0.2) is 28.6 Å². The van der Waals surface area contributed by atoms with Crippen molar-refractivity contribution >= 4 is 11.5 Å². The third-order valence-electron chi connectivity index (χ3n) is 4.07. The number of benzene rings is 1. The lowest BCUT2D eigenvalue weighted by molar-refractivity contribution is 0.394. The van der Waals surface area contributed by atoms with Crippen LogP contribution in [0.3, 0.4) is 0 Å². The number of fused-ring (bicyclic) bond motifs is 1. The Morgan fingerprint density at radius 3 is 2.65 bits per heavy atom. The predicted molar refractivity (Wildman–Crippen MR) is 97.6 cm³/mol. The van der Waals surface area contributed by atoms with Crippen molar-refractivity contribution in [3.05, 3.63) is 60.9 Å². The molecule has 0 radical (unpaired) electrons. The van der Waals surface area contributed by atoms with Crippen molar-refractivity contribution in [2.45, 2.75) is 6.54 Å². The van der Waals surface area contributed by atoms with Crippen molar-refractivity contribution in [3.63, 3.8) is 0 Å². The summed E-state index contributed by atoms with van der Waals surface area (Å²) in [5.74, 6) is 3.08. The van der Waals surface area contributed by atoms with Crippen LogP contribution < -0.4 is 14.8 Å². The van der Waals surface area contributed by atoms with E-state index in [4.69, 9.17) is 18.9 Å². The molecule has 1 N–H and O–H groups in total. The highest BCUT2D eigenvalue weighted by atomic mass is 16.5. The fourth-order valence-corrected chi connectivity index (χ4v) is 2.81. The van der Waals surface area contributed by atoms with Gasteiger partial charge in [0.2, 0.25) is 0 Å². The summed E-state index contributed by atoms with van der Waals surface area (Å²) in [5.41, 5.74) is 2.40. The molecule has 1 aromatic carbocycles. The molecule has 3 aromatic heterocycles. The Bertz CT molecular complexity index is 1000. The summed E-state index contributed by atoms with van der Waals surface area (Å²) in [5, 5.41) is 3.41. The van der Waals surface area contributed by atoms with E-state index < -0.39 is 0 Å². The van der Waals surface area contributed by atoms with Crippen molar-refractivity contribution in [2.24, 2.45) is 0 Å². The Balaban J connectivity index is 1.82. The van der Waals surface area contributed by atoms with Gasteiger partial charge in [-0.2, -0.15) is 0 Å². The number of aromatic nitrogens is 3. The molecule has 0 aliphatic carbocycles. The van der Waals surface area contributed by atoms with E-state index in [2.05, 4.69) is 10.3 Å².